The predicted molar refractivity (Wildman–Crippen MR) is 74.4 cm³/mol. The molecule has 2 aromatic rings. The summed E-state index contributed by atoms with van der Waals surface area (Å²) in [4.78, 5) is 13.3. The highest BCUT2D eigenvalue weighted by Crippen LogP contribution is 2.13. The van der Waals surface area contributed by atoms with Gasteiger partial charge in [0.2, 0.25) is 0 Å². The van der Waals surface area contributed by atoms with E-state index in [0.29, 0.717) is 0 Å². The molecule has 4 nitrogen and oxygen atoms in total. The predicted octanol–water partition coefficient (Wildman–Crippen LogP) is 3.00. The van der Waals surface area contributed by atoms with Gasteiger partial charge in [0, 0.05) is 31.8 Å². The summed E-state index contributed by atoms with van der Waals surface area (Å²) in [6.45, 7) is 5.18. The third kappa shape index (κ3) is 3.16. The zero-order chi connectivity index (χ0) is 13.0. The average molecular weight is 309 g/mol. The maximum Gasteiger partial charge on any atom is 0.129 e. The SMILES string of the molecule is CCCc1nc(Br)cc(Cc2nccn2CC)n1. The van der Waals surface area contributed by atoms with Crippen molar-refractivity contribution in [2.75, 3.05) is 0 Å². The van der Waals surface area contributed by atoms with Gasteiger partial charge in [0.1, 0.15) is 16.3 Å². The smallest absolute Gasteiger partial charge is 0.129 e. The largest absolute Gasteiger partial charge is 0.335 e. The standard InChI is InChI=1S/C13H17BrN4/c1-3-5-12-16-10(8-11(14)17-12)9-13-15-6-7-18(13)4-2/h6-8H,3-5,9H2,1-2H3. The molecule has 0 saturated heterocycles. The summed E-state index contributed by atoms with van der Waals surface area (Å²) in [6, 6.07) is 1.97. The fourth-order valence-corrected chi connectivity index (χ4v) is 2.37. The first-order valence-corrected chi connectivity index (χ1v) is 7.04. The first kappa shape index (κ1) is 13.2. The zero-order valence-electron chi connectivity index (χ0n) is 10.7. The van der Waals surface area contributed by atoms with Gasteiger partial charge in [0.25, 0.3) is 0 Å². The minimum atomic E-state index is 0.749. The molecular weight excluding hydrogens is 292 g/mol. The fraction of sp³-hybridized carbons (Fsp3) is 0.462. The Morgan fingerprint density at radius 2 is 2.11 bits per heavy atom. The Hall–Kier alpha value is -1.23. The molecule has 2 aromatic heterocycles. The molecule has 0 aliphatic carbocycles. The van der Waals surface area contributed by atoms with Crippen molar-refractivity contribution in [1.29, 1.82) is 0 Å². The maximum absolute atomic E-state index is 4.58. The molecule has 0 aliphatic heterocycles. The second-order valence-corrected chi connectivity index (χ2v) is 4.97. The zero-order valence-corrected chi connectivity index (χ0v) is 12.3. The summed E-state index contributed by atoms with van der Waals surface area (Å²) in [5, 5.41) is 0. The van der Waals surface area contributed by atoms with Crippen LogP contribution in [0.5, 0.6) is 0 Å². The van der Waals surface area contributed by atoms with E-state index in [2.05, 4.69) is 49.3 Å². The molecular formula is C13H17BrN4. The van der Waals surface area contributed by atoms with E-state index in [1.54, 1.807) is 0 Å². The summed E-state index contributed by atoms with van der Waals surface area (Å²) in [6.07, 6.45) is 6.55. The Morgan fingerprint density at radius 1 is 1.28 bits per heavy atom. The van der Waals surface area contributed by atoms with E-state index in [-0.39, 0.29) is 0 Å². The molecule has 0 saturated carbocycles. The Morgan fingerprint density at radius 3 is 2.83 bits per heavy atom. The van der Waals surface area contributed by atoms with Crippen molar-refractivity contribution < 1.29 is 0 Å². The molecule has 0 bridgehead atoms. The van der Waals surface area contributed by atoms with Gasteiger partial charge in [-0.2, -0.15) is 0 Å². The van der Waals surface area contributed by atoms with Crippen LogP contribution in [0.25, 0.3) is 0 Å². The molecule has 18 heavy (non-hydrogen) atoms. The van der Waals surface area contributed by atoms with Crippen LogP contribution in [-0.2, 0) is 19.4 Å². The lowest BCUT2D eigenvalue weighted by Gasteiger charge is -2.06. The van der Waals surface area contributed by atoms with Crippen LogP contribution in [0.4, 0.5) is 0 Å². The first-order chi connectivity index (χ1) is 8.72. The first-order valence-electron chi connectivity index (χ1n) is 6.25. The van der Waals surface area contributed by atoms with E-state index in [9.17, 15) is 0 Å². The van der Waals surface area contributed by atoms with Gasteiger partial charge >= 0.3 is 0 Å². The molecule has 0 fully saturated rings. The summed E-state index contributed by atoms with van der Waals surface area (Å²) < 4.78 is 2.99. The quantitative estimate of drug-likeness (QED) is 0.798. The number of halogens is 1. The Kier molecular flexibility index (Phi) is 4.47. The third-order valence-corrected chi connectivity index (χ3v) is 3.16. The van der Waals surface area contributed by atoms with Crippen LogP contribution in [0, 0.1) is 0 Å². The molecule has 0 atom stereocenters. The summed E-state index contributed by atoms with van der Waals surface area (Å²) >= 11 is 3.44. The molecule has 2 rings (SSSR count). The Balaban J connectivity index is 2.23. The Bertz CT molecular complexity index is 521. The molecule has 0 N–H and O–H groups in total. The van der Waals surface area contributed by atoms with Gasteiger partial charge in [-0.15, -0.1) is 0 Å². The molecule has 0 radical (unpaired) electrons. The van der Waals surface area contributed by atoms with Crippen molar-refractivity contribution in [3.63, 3.8) is 0 Å². The number of imidazole rings is 1. The third-order valence-electron chi connectivity index (χ3n) is 2.75. The summed E-state index contributed by atoms with van der Waals surface area (Å²) in [7, 11) is 0. The van der Waals surface area contributed by atoms with Gasteiger partial charge in [-0.3, -0.25) is 0 Å². The number of aryl methyl sites for hydroxylation is 2. The van der Waals surface area contributed by atoms with Crippen molar-refractivity contribution in [3.05, 3.63) is 40.4 Å². The van der Waals surface area contributed by atoms with Crippen molar-refractivity contribution in [1.82, 2.24) is 19.5 Å². The van der Waals surface area contributed by atoms with E-state index in [1.165, 1.54) is 0 Å². The molecule has 0 spiro atoms. The van der Waals surface area contributed by atoms with Gasteiger partial charge < -0.3 is 4.57 Å². The molecule has 2 heterocycles. The fourth-order valence-electron chi connectivity index (χ4n) is 1.90. The molecule has 5 heteroatoms. The van der Waals surface area contributed by atoms with Gasteiger partial charge in [0.05, 0.1) is 5.69 Å². The maximum atomic E-state index is 4.58. The normalized spacial score (nSPS) is 10.8. The number of nitrogens with zero attached hydrogens (tertiary/aromatic N) is 4. The van der Waals surface area contributed by atoms with Crippen molar-refractivity contribution in [3.8, 4) is 0 Å². The van der Waals surface area contributed by atoms with Crippen LogP contribution in [0.15, 0.2) is 23.1 Å². The molecule has 0 aliphatic rings. The molecule has 0 amide bonds. The highest BCUT2D eigenvalue weighted by Gasteiger charge is 2.07. The number of hydrogen-bond donors (Lipinski definition) is 0. The minimum Gasteiger partial charge on any atom is -0.335 e. The van der Waals surface area contributed by atoms with Gasteiger partial charge in [-0.1, -0.05) is 6.92 Å². The van der Waals surface area contributed by atoms with E-state index in [4.69, 9.17) is 0 Å². The Labute approximate surface area is 116 Å². The van der Waals surface area contributed by atoms with Crippen LogP contribution in [0.2, 0.25) is 0 Å². The second kappa shape index (κ2) is 6.09. The highest BCUT2D eigenvalue weighted by molar-refractivity contribution is 9.10. The van der Waals surface area contributed by atoms with Crippen LogP contribution in [0.3, 0.4) is 0 Å². The van der Waals surface area contributed by atoms with Crippen LogP contribution in [0.1, 0.15) is 37.6 Å². The molecule has 96 valence electrons. The topological polar surface area (TPSA) is 43.6 Å². The molecule has 0 aromatic carbocycles. The van der Waals surface area contributed by atoms with Crippen LogP contribution in [-0.4, -0.2) is 19.5 Å². The van der Waals surface area contributed by atoms with E-state index in [0.717, 1.165) is 47.8 Å². The average Bonchev–Trinajstić information content (AvgIpc) is 2.76. The lowest BCUT2D eigenvalue weighted by Crippen LogP contribution is -2.05. The molecule has 0 unspecified atom stereocenters. The second-order valence-electron chi connectivity index (χ2n) is 4.15. The van der Waals surface area contributed by atoms with Gasteiger partial charge in [0.15, 0.2) is 0 Å². The van der Waals surface area contributed by atoms with Crippen molar-refractivity contribution >= 4 is 15.9 Å². The lowest BCUT2D eigenvalue weighted by molar-refractivity contribution is 0.704. The van der Waals surface area contributed by atoms with Crippen molar-refractivity contribution in [2.24, 2.45) is 0 Å². The van der Waals surface area contributed by atoms with Crippen molar-refractivity contribution in [2.45, 2.75) is 39.7 Å². The van der Waals surface area contributed by atoms with E-state index in [1.807, 2.05) is 18.5 Å². The minimum absolute atomic E-state index is 0.749. The number of aromatic nitrogens is 4. The van der Waals surface area contributed by atoms with Gasteiger partial charge in [-0.05, 0) is 35.3 Å². The monoisotopic (exact) mass is 308 g/mol. The summed E-state index contributed by atoms with van der Waals surface area (Å²) in [5.41, 5.74) is 1.02. The van der Waals surface area contributed by atoms with E-state index < -0.39 is 0 Å². The highest BCUT2D eigenvalue weighted by atomic mass is 79.9. The van der Waals surface area contributed by atoms with Crippen LogP contribution < -0.4 is 0 Å². The van der Waals surface area contributed by atoms with Gasteiger partial charge in [-0.25, -0.2) is 15.0 Å². The number of rotatable bonds is 5. The summed E-state index contributed by atoms with van der Waals surface area (Å²) in [5.74, 6) is 1.95. The lowest BCUT2D eigenvalue weighted by atomic mass is 10.2. The van der Waals surface area contributed by atoms with E-state index >= 15 is 0 Å². The van der Waals surface area contributed by atoms with Crippen LogP contribution >= 0.6 is 15.9 Å². The number of hydrogen-bond acceptors (Lipinski definition) is 3.